The molecular formula is C13H18N4O. The van der Waals surface area contributed by atoms with E-state index in [0.717, 1.165) is 23.1 Å². The van der Waals surface area contributed by atoms with Gasteiger partial charge >= 0.3 is 0 Å². The van der Waals surface area contributed by atoms with Gasteiger partial charge in [0.05, 0.1) is 18.1 Å². The second kappa shape index (κ2) is 5.16. The largest absolute Gasteiger partial charge is 0.325 e. The highest BCUT2D eigenvalue weighted by Crippen LogP contribution is 2.19. The highest BCUT2D eigenvalue weighted by atomic mass is 16.1. The van der Waals surface area contributed by atoms with E-state index in [4.69, 9.17) is 0 Å². The van der Waals surface area contributed by atoms with Gasteiger partial charge in [-0.1, -0.05) is 6.92 Å². The van der Waals surface area contributed by atoms with Gasteiger partial charge in [0, 0.05) is 17.8 Å². The first-order valence-electron chi connectivity index (χ1n) is 6.25. The Morgan fingerprint density at radius 1 is 1.44 bits per heavy atom. The summed E-state index contributed by atoms with van der Waals surface area (Å²) in [6.45, 7) is 6.10. The van der Waals surface area contributed by atoms with Crippen LogP contribution in [0.15, 0.2) is 18.5 Å². The van der Waals surface area contributed by atoms with Gasteiger partial charge in [0.1, 0.15) is 0 Å². The van der Waals surface area contributed by atoms with Crippen molar-refractivity contribution >= 4 is 22.6 Å². The minimum atomic E-state index is 0.0231. The van der Waals surface area contributed by atoms with Crippen LogP contribution in [0.5, 0.6) is 0 Å². The van der Waals surface area contributed by atoms with Crippen LogP contribution >= 0.6 is 0 Å². The summed E-state index contributed by atoms with van der Waals surface area (Å²) in [5, 5.41) is 8.07. The summed E-state index contributed by atoms with van der Waals surface area (Å²) >= 11 is 0. The molecule has 2 aromatic heterocycles. The minimum absolute atomic E-state index is 0.0231. The number of fused-ring (bicyclic) bond motifs is 1. The Hall–Kier alpha value is -1.91. The third kappa shape index (κ3) is 2.50. The fourth-order valence-corrected chi connectivity index (χ4v) is 1.84. The van der Waals surface area contributed by atoms with E-state index in [9.17, 15) is 4.79 Å². The zero-order valence-electron chi connectivity index (χ0n) is 11.0. The van der Waals surface area contributed by atoms with E-state index in [1.54, 1.807) is 12.4 Å². The van der Waals surface area contributed by atoms with Crippen molar-refractivity contribution < 1.29 is 4.79 Å². The van der Waals surface area contributed by atoms with Crippen LogP contribution in [0.2, 0.25) is 0 Å². The van der Waals surface area contributed by atoms with Crippen LogP contribution < -0.4 is 5.32 Å². The number of nitrogens with zero attached hydrogens (tertiary/aromatic N) is 3. The molecule has 0 atom stereocenters. The van der Waals surface area contributed by atoms with Crippen molar-refractivity contribution in [1.82, 2.24) is 14.8 Å². The predicted octanol–water partition coefficient (Wildman–Crippen LogP) is 2.75. The zero-order valence-corrected chi connectivity index (χ0v) is 11.0. The Kier molecular flexibility index (Phi) is 3.60. The molecule has 5 nitrogen and oxygen atoms in total. The first-order valence-corrected chi connectivity index (χ1v) is 6.25. The quantitative estimate of drug-likeness (QED) is 0.902. The Morgan fingerprint density at radius 3 is 2.89 bits per heavy atom. The molecule has 0 aliphatic rings. The van der Waals surface area contributed by atoms with E-state index in [-0.39, 0.29) is 11.9 Å². The first kappa shape index (κ1) is 12.5. The molecule has 1 amide bonds. The molecule has 2 heterocycles. The maximum Gasteiger partial charge on any atom is 0.224 e. The van der Waals surface area contributed by atoms with Gasteiger partial charge < -0.3 is 5.32 Å². The molecule has 2 rings (SSSR count). The van der Waals surface area contributed by atoms with Crippen molar-refractivity contribution in [3.05, 3.63) is 18.5 Å². The van der Waals surface area contributed by atoms with Gasteiger partial charge in [-0.25, -0.2) is 9.67 Å². The molecule has 5 heteroatoms. The van der Waals surface area contributed by atoms with Crippen LogP contribution in [0.1, 0.15) is 39.7 Å². The second-order valence-electron chi connectivity index (χ2n) is 4.62. The SMILES string of the molecule is CCCC(=O)Nc1cnc2c(cnn2C(C)C)c1. The highest BCUT2D eigenvalue weighted by molar-refractivity contribution is 5.92. The van der Waals surface area contributed by atoms with Crippen LogP contribution in [0.4, 0.5) is 5.69 Å². The summed E-state index contributed by atoms with van der Waals surface area (Å²) in [6, 6.07) is 2.18. The predicted molar refractivity (Wildman–Crippen MR) is 71.5 cm³/mol. The first-order chi connectivity index (χ1) is 8.61. The van der Waals surface area contributed by atoms with Crippen molar-refractivity contribution in [3.8, 4) is 0 Å². The van der Waals surface area contributed by atoms with Crippen LogP contribution in [-0.2, 0) is 4.79 Å². The lowest BCUT2D eigenvalue weighted by Crippen LogP contribution is -2.10. The van der Waals surface area contributed by atoms with E-state index in [0.29, 0.717) is 6.42 Å². The van der Waals surface area contributed by atoms with E-state index in [1.165, 1.54) is 0 Å². The van der Waals surface area contributed by atoms with Crippen LogP contribution in [0.25, 0.3) is 11.0 Å². The molecule has 1 N–H and O–H groups in total. The minimum Gasteiger partial charge on any atom is -0.325 e. The van der Waals surface area contributed by atoms with Crippen LogP contribution in [0.3, 0.4) is 0 Å². The Balaban J connectivity index is 2.26. The molecule has 0 saturated carbocycles. The summed E-state index contributed by atoms with van der Waals surface area (Å²) in [6.07, 6.45) is 4.82. The van der Waals surface area contributed by atoms with E-state index in [2.05, 4.69) is 29.2 Å². The lowest BCUT2D eigenvalue weighted by molar-refractivity contribution is -0.116. The highest BCUT2D eigenvalue weighted by Gasteiger charge is 2.08. The number of pyridine rings is 1. The van der Waals surface area contributed by atoms with E-state index < -0.39 is 0 Å². The van der Waals surface area contributed by atoms with Crippen molar-refractivity contribution in [1.29, 1.82) is 0 Å². The molecule has 0 aromatic carbocycles. The molecule has 0 bridgehead atoms. The van der Waals surface area contributed by atoms with Crippen molar-refractivity contribution in [2.45, 2.75) is 39.7 Å². The lowest BCUT2D eigenvalue weighted by Gasteiger charge is -2.07. The maximum absolute atomic E-state index is 11.5. The standard InChI is InChI=1S/C13H18N4O/c1-4-5-12(18)16-11-6-10-7-15-17(9(2)3)13(10)14-8-11/h6-9H,4-5H2,1-3H3,(H,16,18). The monoisotopic (exact) mass is 246 g/mol. The molecule has 0 fully saturated rings. The molecule has 0 unspecified atom stereocenters. The van der Waals surface area contributed by atoms with Gasteiger partial charge in [-0.3, -0.25) is 4.79 Å². The Bertz CT molecular complexity index is 559. The van der Waals surface area contributed by atoms with Gasteiger partial charge in [0.2, 0.25) is 5.91 Å². The smallest absolute Gasteiger partial charge is 0.224 e. The molecule has 0 aliphatic heterocycles. The summed E-state index contributed by atoms with van der Waals surface area (Å²) < 4.78 is 1.87. The van der Waals surface area contributed by atoms with Gasteiger partial charge in [0.15, 0.2) is 5.65 Å². The number of hydrogen-bond acceptors (Lipinski definition) is 3. The third-order valence-corrected chi connectivity index (χ3v) is 2.68. The van der Waals surface area contributed by atoms with Crippen LogP contribution in [0, 0.1) is 0 Å². The summed E-state index contributed by atoms with van der Waals surface area (Å²) in [4.78, 5) is 15.9. The number of carbonyl (C=O) groups is 1. The number of hydrogen-bond donors (Lipinski definition) is 1. The van der Waals surface area contributed by atoms with Crippen molar-refractivity contribution in [3.63, 3.8) is 0 Å². The summed E-state index contributed by atoms with van der Waals surface area (Å²) in [7, 11) is 0. The molecule has 0 radical (unpaired) electrons. The molecule has 0 saturated heterocycles. The number of carbonyl (C=O) groups excluding carboxylic acids is 1. The fraction of sp³-hybridized carbons (Fsp3) is 0.462. The summed E-state index contributed by atoms with van der Waals surface area (Å²) in [5.74, 6) is 0.0231. The van der Waals surface area contributed by atoms with Gasteiger partial charge in [-0.2, -0.15) is 5.10 Å². The fourth-order valence-electron chi connectivity index (χ4n) is 1.84. The Morgan fingerprint density at radius 2 is 2.22 bits per heavy atom. The van der Waals surface area contributed by atoms with Crippen molar-refractivity contribution in [2.75, 3.05) is 5.32 Å². The van der Waals surface area contributed by atoms with Gasteiger partial charge in [0.25, 0.3) is 0 Å². The molecular weight excluding hydrogens is 228 g/mol. The van der Waals surface area contributed by atoms with Gasteiger partial charge in [-0.15, -0.1) is 0 Å². The third-order valence-electron chi connectivity index (χ3n) is 2.68. The number of rotatable bonds is 4. The summed E-state index contributed by atoms with van der Waals surface area (Å²) in [5.41, 5.74) is 1.57. The molecule has 96 valence electrons. The Labute approximate surface area is 106 Å². The number of anilines is 1. The van der Waals surface area contributed by atoms with E-state index >= 15 is 0 Å². The van der Waals surface area contributed by atoms with E-state index in [1.807, 2.05) is 17.7 Å². The number of aromatic nitrogens is 3. The maximum atomic E-state index is 11.5. The van der Waals surface area contributed by atoms with Crippen molar-refractivity contribution in [2.24, 2.45) is 0 Å². The average Bonchev–Trinajstić information content (AvgIpc) is 2.72. The van der Waals surface area contributed by atoms with Gasteiger partial charge in [-0.05, 0) is 26.3 Å². The normalized spacial score (nSPS) is 11.1. The molecule has 0 aliphatic carbocycles. The topological polar surface area (TPSA) is 59.8 Å². The molecule has 18 heavy (non-hydrogen) atoms. The molecule has 2 aromatic rings. The lowest BCUT2D eigenvalue weighted by atomic mass is 10.3. The average molecular weight is 246 g/mol. The molecule has 0 spiro atoms. The number of amides is 1. The van der Waals surface area contributed by atoms with Crippen LogP contribution in [-0.4, -0.2) is 20.7 Å². The number of nitrogens with one attached hydrogen (secondary N) is 1. The second-order valence-corrected chi connectivity index (χ2v) is 4.62. The zero-order chi connectivity index (χ0) is 13.1.